The van der Waals surface area contributed by atoms with Gasteiger partial charge < -0.3 is 0 Å². The van der Waals surface area contributed by atoms with E-state index in [4.69, 9.17) is 4.99 Å². The first-order chi connectivity index (χ1) is 17.7. The summed E-state index contributed by atoms with van der Waals surface area (Å²) in [7, 11) is 0.868. The van der Waals surface area contributed by atoms with E-state index < -0.39 is 8.07 Å². The smallest absolute Gasteiger partial charge is 0.217 e. The molecule has 0 amide bonds. The van der Waals surface area contributed by atoms with Crippen LogP contribution in [0.2, 0.25) is 31.5 Å². The Labute approximate surface area is 235 Å². The minimum Gasteiger partial charge on any atom is -0.288 e. The second kappa shape index (κ2) is 12.2. The van der Waals surface area contributed by atoms with Crippen molar-refractivity contribution >= 4 is 31.4 Å². The number of hydrogen-bond acceptors (Lipinski definition) is 1. The first kappa shape index (κ1) is 30.2. The molecule has 0 radical (unpaired) electrons. The summed E-state index contributed by atoms with van der Waals surface area (Å²) in [6, 6.07) is 13.2. The van der Waals surface area contributed by atoms with E-state index in [0.29, 0.717) is 18.4 Å². The Kier molecular flexibility index (Phi) is 9.68. The Hall–Kier alpha value is -2.39. The molecule has 0 fully saturated rings. The molecule has 0 heterocycles. The van der Waals surface area contributed by atoms with Crippen LogP contribution < -0.4 is 10.9 Å². The third-order valence-electron chi connectivity index (χ3n) is 8.27. The highest BCUT2D eigenvalue weighted by Gasteiger charge is 2.37. The lowest BCUT2D eigenvalue weighted by Crippen LogP contribution is -2.51. The number of aryl methyl sites for hydroxylation is 4. The van der Waals surface area contributed by atoms with Crippen molar-refractivity contribution in [2.24, 2.45) is 10.9 Å². The Morgan fingerprint density at radius 3 is 2.13 bits per heavy atom. The molecule has 3 heteroatoms. The maximum atomic E-state index is 4.81. The maximum absolute atomic E-state index is 4.81. The second-order valence-electron chi connectivity index (χ2n) is 13.2. The fourth-order valence-corrected chi connectivity index (χ4v) is 7.63. The molecular formula is C35H50BNSi. The van der Waals surface area contributed by atoms with Gasteiger partial charge in [-0.15, -0.1) is 0 Å². The summed E-state index contributed by atoms with van der Waals surface area (Å²) >= 11 is 0. The predicted molar refractivity (Wildman–Crippen MR) is 176 cm³/mol. The highest BCUT2D eigenvalue weighted by molar-refractivity contribution is 6.87. The Morgan fingerprint density at radius 2 is 1.58 bits per heavy atom. The Bertz CT molecular complexity index is 1280. The molecule has 2 aromatic rings. The van der Waals surface area contributed by atoms with Crippen molar-refractivity contribution in [3.05, 3.63) is 93.1 Å². The molecule has 38 heavy (non-hydrogen) atoms. The van der Waals surface area contributed by atoms with Crippen LogP contribution in [0.3, 0.4) is 0 Å². The zero-order valence-electron chi connectivity index (χ0n) is 26.2. The molecule has 1 aliphatic carbocycles. The summed E-state index contributed by atoms with van der Waals surface area (Å²) < 4.78 is 0. The second-order valence-corrected chi connectivity index (χ2v) is 18.8. The quantitative estimate of drug-likeness (QED) is 0.243. The molecule has 0 saturated carbocycles. The molecule has 1 aliphatic rings. The molecule has 2 aromatic carbocycles. The molecule has 3 rings (SSSR count). The highest BCUT2D eigenvalue weighted by atomic mass is 28.3. The minimum absolute atomic E-state index is 0.292. The number of aliphatic imine (C=N–C) groups is 1. The van der Waals surface area contributed by atoms with Crippen LogP contribution in [0.15, 0.2) is 70.3 Å². The normalized spacial score (nSPS) is 18.8. The number of nitrogens with zero attached hydrogens (tertiary/aromatic N) is 1. The van der Waals surface area contributed by atoms with E-state index in [1.54, 1.807) is 0 Å². The molecule has 0 aromatic heterocycles. The van der Waals surface area contributed by atoms with Gasteiger partial charge >= 0.3 is 0 Å². The fraction of sp³-hybridized carbons (Fsp3) is 0.457. The zero-order valence-corrected chi connectivity index (χ0v) is 27.2. The molecule has 2 unspecified atom stereocenters. The van der Waals surface area contributed by atoms with Crippen molar-refractivity contribution in [1.29, 1.82) is 0 Å². The summed E-state index contributed by atoms with van der Waals surface area (Å²) in [6.45, 7) is 25.9. The lowest BCUT2D eigenvalue weighted by molar-refractivity contribution is 0.689. The number of rotatable bonds is 8. The van der Waals surface area contributed by atoms with Gasteiger partial charge in [0.05, 0.1) is 5.71 Å². The largest absolute Gasteiger partial charge is 0.288 e. The van der Waals surface area contributed by atoms with Crippen LogP contribution in [0.1, 0.15) is 61.9 Å². The maximum Gasteiger partial charge on any atom is 0.217 e. The van der Waals surface area contributed by atoms with Gasteiger partial charge in [0.15, 0.2) is 0 Å². The first-order valence-corrected chi connectivity index (χ1v) is 18.1. The van der Waals surface area contributed by atoms with Gasteiger partial charge in [-0.05, 0) is 78.3 Å². The van der Waals surface area contributed by atoms with Gasteiger partial charge in [0.2, 0.25) is 6.71 Å². The molecule has 0 spiro atoms. The van der Waals surface area contributed by atoms with E-state index in [1.807, 2.05) is 7.05 Å². The SMILES string of the molecule is CN=C(/C=C(/C)CC[Si](C)(C)C)c1cc(B(c2c(C)cc(C)cc2C)C2C(C)=CC(C)=CC2C)ccc1C. The summed E-state index contributed by atoms with van der Waals surface area (Å²) in [5.41, 5.74) is 15.0. The van der Waals surface area contributed by atoms with Crippen LogP contribution in [0.5, 0.6) is 0 Å². The van der Waals surface area contributed by atoms with Crippen LogP contribution >= 0.6 is 0 Å². The van der Waals surface area contributed by atoms with Crippen molar-refractivity contribution in [2.45, 2.75) is 93.3 Å². The van der Waals surface area contributed by atoms with Crippen molar-refractivity contribution in [3.8, 4) is 0 Å². The van der Waals surface area contributed by atoms with Crippen molar-refractivity contribution in [1.82, 2.24) is 0 Å². The zero-order chi connectivity index (χ0) is 28.4. The summed E-state index contributed by atoms with van der Waals surface area (Å²) in [6.07, 6.45) is 8.36. The summed E-state index contributed by atoms with van der Waals surface area (Å²) in [5.74, 6) is 0.892. The van der Waals surface area contributed by atoms with Crippen LogP contribution in [-0.2, 0) is 0 Å². The van der Waals surface area contributed by atoms with E-state index in [0.717, 1.165) is 12.1 Å². The van der Waals surface area contributed by atoms with Gasteiger partial charge in [0.1, 0.15) is 0 Å². The number of allylic oxidation sites excluding steroid dienone is 6. The fourth-order valence-electron chi connectivity index (χ4n) is 6.49. The van der Waals surface area contributed by atoms with E-state index >= 15 is 0 Å². The molecule has 1 nitrogen and oxygen atoms in total. The molecule has 0 bridgehead atoms. The Morgan fingerprint density at radius 1 is 0.947 bits per heavy atom. The van der Waals surface area contributed by atoms with E-state index in [9.17, 15) is 0 Å². The lowest BCUT2D eigenvalue weighted by atomic mass is 9.29. The van der Waals surface area contributed by atoms with E-state index in [1.165, 1.54) is 61.5 Å². The van der Waals surface area contributed by atoms with Crippen LogP contribution in [-0.4, -0.2) is 27.5 Å². The summed E-state index contributed by atoms with van der Waals surface area (Å²) in [4.78, 5) is 4.81. The third-order valence-corrected chi connectivity index (χ3v) is 10.0. The van der Waals surface area contributed by atoms with Gasteiger partial charge in [0, 0.05) is 20.7 Å². The van der Waals surface area contributed by atoms with E-state index in [-0.39, 0.29) is 0 Å². The highest BCUT2D eigenvalue weighted by Crippen LogP contribution is 2.37. The molecule has 0 N–H and O–H groups in total. The molecular weight excluding hydrogens is 473 g/mol. The first-order valence-electron chi connectivity index (χ1n) is 14.4. The van der Waals surface area contributed by atoms with Gasteiger partial charge in [-0.25, -0.2) is 0 Å². The van der Waals surface area contributed by atoms with Crippen LogP contribution in [0.4, 0.5) is 0 Å². The minimum atomic E-state index is -1.08. The van der Waals surface area contributed by atoms with E-state index in [2.05, 4.69) is 124 Å². The molecule has 0 saturated heterocycles. The van der Waals surface area contributed by atoms with Crippen LogP contribution in [0.25, 0.3) is 0 Å². The number of benzene rings is 2. The average molecular weight is 524 g/mol. The molecule has 2 atom stereocenters. The monoisotopic (exact) mass is 523 g/mol. The predicted octanol–water partition coefficient (Wildman–Crippen LogP) is 8.54. The van der Waals surface area contributed by atoms with Crippen molar-refractivity contribution in [2.75, 3.05) is 7.05 Å². The van der Waals surface area contributed by atoms with Gasteiger partial charge in [0.25, 0.3) is 0 Å². The van der Waals surface area contributed by atoms with Crippen molar-refractivity contribution in [3.63, 3.8) is 0 Å². The molecule has 202 valence electrons. The average Bonchev–Trinajstić information content (AvgIpc) is 2.79. The topological polar surface area (TPSA) is 12.4 Å². The van der Waals surface area contributed by atoms with Crippen molar-refractivity contribution < 1.29 is 0 Å². The van der Waals surface area contributed by atoms with Gasteiger partial charge in [-0.1, -0.05) is 119 Å². The standard InChI is InChI=1S/C35H50BNSi/c1-23(15-16-38(10,11)12)21-33(37-9)32-22-31(14-13-26(32)4)36(34-27(5)17-24(2)18-28(34)6)35-29(7)19-25(3)20-30(35)8/h13-14,17-22,27,34H,15-16H2,1-12H3/b23-21-,37-33?. The number of hydrogen-bond donors (Lipinski definition) is 0. The summed E-state index contributed by atoms with van der Waals surface area (Å²) in [5, 5.41) is 0. The molecule has 0 aliphatic heterocycles. The Balaban J connectivity index is 2.18. The van der Waals surface area contributed by atoms with Crippen LogP contribution in [0, 0.1) is 33.6 Å². The third kappa shape index (κ3) is 7.17. The van der Waals surface area contributed by atoms with Gasteiger partial charge in [-0.3, -0.25) is 4.99 Å². The lowest BCUT2D eigenvalue weighted by Gasteiger charge is -2.35. The van der Waals surface area contributed by atoms with Gasteiger partial charge in [-0.2, -0.15) is 0 Å².